The molecule has 1 heterocycles. The molecule has 0 unspecified atom stereocenters. The normalized spacial score (nSPS) is 17.5. The first-order valence-electron chi connectivity index (χ1n) is 10.6. The lowest BCUT2D eigenvalue weighted by Gasteiger charge is -2.42. The maximum atomic E-state index is 11.7. The van der Waals surface area contributed by atoms with Crippen molar-refractivity contribution >= 4 is 31.1 Å². The van der Waals surface area contributed by atoms with Crippen molar-refractivity contribution in [2.45, 2.75) is 64.8 Å². The van der Waals surface area contributed by atoms with Crippen LogP contribution in [0, 0.1) is 0 Å². The van der Waals surface area contributed by atoms with Crippen LogP contribution in [0.25, 0.3) is 11.3 Å². The van der Waals surface area contributed by atoms with Crippen LogP contribution in [-0.4, -0.2) is 30.5 Å². The van der Waals surface area contributed by atoms with Gasteiger partial charge in [0.05, 0.1) is 8.07 Å². The van der Waals surface area contributed by atoms with Crippen LogP contribution in [0.2, 0.25) is 19.6 Å². The van der Waals surface area contributed by atoms with E-state index in [-0.39, 0.29) is 16.6 Å². The van der Waals surface area contributed by atoms with E-state index in [0.29, 0.717) is 0 Å². The van der Waals surface area contributed by atoms with Gasteiger partial charge in [-0.3, -0.25) is 4.79 Å². The van der Waals surface area contributed by atoms with Crippen molar-refractivity contribution in [1.82, 2.24) is 0 Å². The summed E-state index contributed by atoms with van der Waals surface area (Å²) >= 11 is 0. The van der Waals surface area contributed by atoms with Crippen LogP contribution in [0.1, 0.15) is 61.2 Å². The number of rotatable bonds is 5. The molecule has 0 saturated heterocycles. The Kier molecular flexibility index (Phi) is 5.78. The van der Waals surface area contributed by atoms with Crippen molar-refractivity contribution in [3.05, 3.63) is 64.7 Å². The van der Waals surface area contributed by atoms with Crippen molar-refractivity contribution in [2.75, 3.05) is 0 Å². The predicted molar refractivity (Wildman–Crippen MR) is 128 cm³/mol. The number of Topliss-reactive ketones (excluding diaryl/α,β-unsaturated/α-hetero) is 1. The van der Waals surface area contributed by atoms with E-state index in [4.69, 9.17) is 9.84 Å². The fourth-order valence-electron chi connectivity index (χ4n) is 4.56. The zero-order valence-electron chi connectivity index (χ0n) is 19.5. The quantitative estimate of drug-likeness (QED) is 0.262. The minimum Gasteiger partial charge on any atom is -0.488 e. The number of carboxylic acids is 1. The Morgan fingerprint density at radius 1 is 0.968 bits per heavy atom. The second-order valence-electron chi connectivity index (χ2n) is 10.7. The van der Waals surface area contributed by atoms with Gasteiger partial charge in [0.25, 0.3) is 5.78 Å². The number of hydrogen-bond donors (Lipinski definition) is 1. The van der Waals surface area contributed by atoms with Crippen LogP contribution in [0.3, 0.4) is 0 Å². The Hall–Kier alpha value is -2.66. The highest BCUT2D eigenvalue weighted by atomic mass is 28.3. The molecular weight excluding hydrogens is 404 g/mol. The van der Waals surface area contributed by atoms with Gasteiger partial charge < -0.3 is 9.84 Å². The highest BCUT2D eigenvalue weighted by molar-refractivity contribution is 6.94. The van der Waals surface area contributed by atoms with Gasteiger partial charge in [0.2, 0.25) is 0 Å². The predicted octanol–water partition coefficient (Wildman–Crippen LogP) is 6.21. The Labute approximate surface area is 186 Å². The minimum absolute atomic E-state index is 0.0104. The summed E-state index contributed by atoms with van der Waals surface area (Å²) < 4.78 is 6.26. The first-order valence-corrected chi connectivity index (χ1v) is 14.1. The lowest BCUT2D eigenvalue weighted by atomic mass is 9.73. The molecule has 0 spiro atoms. The zero-order valence-corrected chi connectivity index (χ0v) is 20.5. The Balaban J connectivity index is 2.05. The van der Waals surface area contributed by atoms with Crippen molar-refractivity contribution in [2.24, 2.45) is 0 Å². The number of aliphatic carboxylic acids is 1. The molecule has 0 fully saturated rings. The van der Waals surface area contributed by atoms with E-state index < -0.39 is 19.8 Å². The molecule has 5 heteroatoms. The van der Waals surface area contributed by atoms with Crippen LogP contribution in [-0.2, 0) is 10.2 Å². The molecule has 1 aliphatic heterocycles. The second-order valence-corrected chi connectivity index (χ2v) is 15.7. The first kappa shape index (κ1) is 23.0. The van der Waals surface area contributed by atoms with Crippen LogP contribution < -0.4 is 4.74 Å². The maximum Gasteiger partial charge on any atom is 0.377 e. The van der Waals surface area contributed by atoms with E-state index >= 15 is 0 Å². The van der Waals surface area contributed by atoms with Crippen LogP contribution in [0.15, 0.2) is 42.5 Å². The van der Waals surface area contributed by atoms with Crippen molar-refractivity contribution in [1.29, 1.82) is 0 Å². The van der Waals surface area contributed by atoms with E-state index in [1.807, 2.05) is 12.1 Å². The standard InChI is InChI=1S/C26H32O4Si/c1-25(2)16-26(3,4)30-21-13-12-19(15-20(21)25)22(31(5,6)7)14-17-8-10-18(11-9-17)23(27)24(28)29/h8-15H,16H2,1-7H3,(H,28,29). The zero-order chi connectivity index (χ0) is 23.2. The smallest absolute Gasteiger partial charge is 0.377 e. The molecule has 2 aromatic carbocycles. The average Bonchev–Trinajstić information content (AvgIpc) is 2.63. The second kappa shape index (κ2) is 7.79. The number of benzene rings is 2. The fraction of sp³-hybridized carbons (Fsp3) is 0.385. The van der Waals surface area contributed by atoms with E-state index in [2.05, 4.69) is 71.6 Å². The summed E-state index contributed by atoms with van der Waals surface area (Å²) in [6.07, 6.45) is 3.12. The molecule has 1 N–H and O–H groups in total. The van der Waals surface area contributed by atoms with Gasteiger partial charge in [-0.2, -0.15) is 0 Å². The Morgan fingerprint density at radius 2 is 1.55 bits per heavy atom. The molecule has 0 aliphatic carbocycles. The third kappa shape index (κ3) is 4.98. The van der Waals surface area contributed by atoms with Crippen molar-refractivity contribution < 1.29 is 19.4 Å². The monoisotopic (exact) mass is 436 g/mol. The Morgan fingerprint density at radius 3 is 2.10 bits per heavy atom. The third-order valence-electron chi connectivity index (χ3n) is 5.76. The largest absolute Gasteiger partial charge is 0.488 e. The fourth-order valence-corrected chi connectivity index (χ4v) is 6.18. The third-order valence-corrected chi connectivity index (χ3v) is 7.81. The van der Waals surface area contributed by atoms with Gasteiger partial charge in [-0.15, -0.1) is 0 Å². The number of fused-ring (bicyclic) bond motifs is 1. The first-order chi connectivity index (χ1) is 14.2. The summed E-state index contributed by atoms with van der Waals surface area (Å²) in [6, 6.07) is 13.3. The van der Waals surface area contributed by atoms with E-state index in [9.17, 15) is 9.59 Å². The number of ether oxygens (including phenoxy) is 1. The molecule has 0 bridgehead atoms. The van der Waals surface area contributed by atoms with Crippen LogP contribution >= 0.6 is 0 Å². The average molecular weight is 437 g/mol. The number of ketones is 1. The summed E-state index contributed by atoms with van der Waals surface area (Å²) in [6.45, 7) is 15.8. The van der Waals surface area contributed by atoms with Crippen LogP contribution in [0.5, 0.6) is 5.75 Å². The van der Waals surface area contributed by atoms with Gasteiger partial charge in [0.15, 0.2) is 0 Å². The van der Waals surface area contributed by atoms with E-state index in [1.165, 1.54) is 16.3 Å². The number of carboxylic acid groups (broad SMARTS) is 1. The summed E-state index contributed by atoms with van der Waals surface area (Å²) in [7, 11) is -1.72. The molecular formula is C26H32O4Si. The van der Waals surface area contributed by atoms with Crippen molar-refractivity contribution in [3.63, 3.8) is 0 Å². The van der Waals surface area contributed by atoms with Gasteiger partial charge in [-0.05, 0) is 48.9 Å². The molecule has 164 valence electrons. The molecule has 0 atom stereocenters. The molecule has 31 heavy (non-hydrogen) atoms. The maximum absolute atomic E-state index is 11.7. The SMILES string of the molecule is CC1(C)CC(C)(C)c2cc(C(=Cc3ccc(C(=O)C(=O)O)cc3)[Si](C)(C)C)ccc2O1. The molecule has 4 nitrogen and oxygen atoms in total. The summed E-state index contributed by atoms with van der Waals surface area (Å²) in [5, 5.41) is 10.2. The lowest BCUT2D eigenvalue weighted by molar-refractivity contribution is -0.131. The van der Waals surface area contributed by atoms with Gasteiger partial charge in [0.1, 0.15) is 11.4 Å². The van der Waals surface area contributed by atoms with E-state index in [1.54, 1.807) is 12.1 Å². The molecule has 0 radical (unpaired) electrons. The number of hydrogen-bond acceptors (Lipinski definition) is 3. The molecule has 0 aromatic heterocycles. The van der Waals surface area contributed by atoms with Gasteiger partial charge in [0, 0.05) is 11.1 Å². The van der Waals surface area contributed by atoms with Crippen LogP contribution in [0.4, 0.5) is 0 Å². The molecule has 0 saturated carbocycles. The van der Waals surface area contributed by atoms with E-state index in [0.717, 1.165) is 17.7 Å². The molecule has 2 aromatic rings. The molecule has 0 amide bonds. The summed E-state index contributed by atoms with van der Waals surface area (Å²) in [4.78, 5) is 22.6. The highest BCUT2D eigenvalue weighted by Gasteiger charge is 2.39. The van der Waals surface area contributed by atoms with Gasteiger partial charge in [-0.25, -0.2) is 4.79 Å². The molecule has 1 aliphatic rings. The number of carbonyl (C=O) groups is 2. The van der Waals surface area contributed by atoms with Gasteiger partial charge >= 0.3 is 5.97 Å². The number of carbonyl (C=O) groups excluding carboxylic acids is 1. The van der Waals surface area contributed by atoms with Crippen molar-refractivity contribution in [3.8, 4) is 5.75 Å². The summed E-state index contributed by atoms with van der Waals surface area (Å²) in [5.41, 5.74) is 3.39. The summed E-state index contributed by atoms with van der Waals surface area (Å²) in [5.74, 6) is -1.37. The lowest BCUT2D eigenvalue weighted by Crippen LogP contribution is -2.41. The molecule has 3 rings (SSSR count). The van der Waals surface area contributed by atoms with Gasteiger partial charge in [-0.1, -0.05) is 75.1 Å². The topological polar surface area (TPSA) is 63.6 Å². The minimum atomic E-state index is -1.72. The Bertz CT molecular complexity index is 1050. The highest BCUT2D eigenvalue weighted by Crippen LogP contribution is 2.46.